The molecule has 5 heteroatoms. The van der Waals surface area contributed by atoms with Gasteiger partial charge in [0.15, 0.2) is 0 Å². The van der Waals surface area contributed by atoms with Gasteiger partial charge in [0.2, 0.25) is 0 Å². The number of aryl methyl sites for hydroxylation is 1. The molecule has 1 aliphatic carbocycles. The van der Waals surface area contributed by atoms with Crippen molar-refractivity contribution in [3.8, 4) is 10.9 Å². The smallest absolute Gasteiger partial charge is 0.279 e. The van der Waals surface area contributed by atoms with E-state index >= 15 is 0 Å². The number of hydrogen-bond acceptors (Lipinski definition) is 5. The summed E-state index contributed by atoms with van der Waals surface area (Å²) in [5, 5.41) is 9.83. The van der Waals surface area contributed by atoms with Gasteiger partial charge in [-0.1, -0.05) is 35.6 Å². The van der Waals surface area contributed by atoms with E-state index in [1.54, 1.807) is 11.3 Å². The summed E-state index contributed by atoms with van der Waals surface area (Å²) in [5.41, 5.74) is 2.61. The first kappa shape index (κ1) is 17.5. The van der Waals surface area contributed by atoms with Crippen LogP contribution in [0.25, 0.3) is 10.2 Å². The average Bonchev–Trinajstić information content (AvgIpc) is 3.34. The summed E-state index contributed by atoms with van der Waals surface area (Å²) in [5.74, 6) is 0.825. The summed E-state index contributed by atoms with van der Waals surface area (Å²) in [6.45, 7) is 0.991. The third kappa shape index (κ3) is 3.75. The average molecular weight is 369 g/mol. The van der Waals surface area contributed by atoms with E-state index in [9.17, 15) is 0 Å². The van der Waals surface area contributed by atoms with Gasteiger partial charge in [0.1, 0.15) is 5.75 Å². The summed E-state index contributed by atoms with van der Waals surface area (Å²) in [7, 11) is 2.12. The maximum Gasteiger partial charge on any atom is 0.279 e. The Balaban J connectivity index is 1.36. The van der Waals surface area contributed by atoms with Crippen LogP contribution in [0.1, 0.15) is 24.8 Å². The Labute approximate surface area is 158 Å². The standard InChI is InChI=1S/C21H24N2O2S/c1-23(14-15-24)21(12-13-21)11-10-16-6-8-17(9-7-16)25-20-22-18-4-2-3-5-19(18)26-20/h2-9,24H,10-15H2,1H3. The number of aromatic nitrogens is 1. The van der Waals surface area contributed by atoms with Gasteiger partial charge in [0.05, 0.1) is 16.8 Å². The molecule has 1 saturated carbocycles. The van der Waals surface area contributed by atoms with Crippen molar-refractivity contribution >= 4 is 21.6 Å². The Morgan fingerprint density at radius 1 is 1.15 bits per heavy atom. The van der Waals surface area contributed by atoms with Gasteiger partial charge in [0.25, 0.3) is 5.19 Å². The number of likely N-dealkylation sites (N-methyl/N-ethyl adjacent to an activating group) is 1. The summed E-state index contributed by atoms with van der Waals surface area (Å²) >= 11 is 1.57. The SMILES string of the molecule is CN(CCO)C1(CCc2ccc(Oc3nc4ccccc4s3)cc2)CC1. The molecule has 0 atom stereocenters. The first-order chi connectivity index (χ1) is 12.7. The fourth-order valence-electron chi connectivity index (χ4n) is 3.45. The minimum Gasteiger partial charge on any atom is -0.431 e. The molecule has 0 spiro atoms. The fourth-order valence-corrected chi connectivity index (χ4v) is 4.29. The van der Waals surface area contributed by atoms with Gasteiger partial charge in [-0.2, -0.15) is 0 Å². The lowest BCUT2D eigenvalue weighted by molar-refractivity contribution is 0.160. The molecule has 4 rings (SSSR count). The number of ether oxygens (including phenoxy) is 1. The second-order valence-corrected chi connectivity index (χ2v) is 8.06. The Kier molecular flexibility index (Phi) is 4.94. The number of aliphatic hydroxyl groups is 1. The van der Waals surface area contributed by atoms with E-state index in [4.69, 9.17) is 9.84 Å². The number of aliphatic hydroxyl groups excluding tert-OH is 1. The first-order valence-electron chi connectivity index (χ1n) is 9.13. The van der Waals surface area contributed by atoms with Gasteiger partial charge >= 0.3 is 0 Å². The number of nitrogens with zero attached hydrogens (tertiary/aromatic N) is 2. The third-order valence-corrected chi connectivity index (χ3v) is 6.27. The molecule has 0 aliphatic heterocycles. The zero-order valence-corrected chi connectivity index (χ0v) is 15.8. The van der Waals surface area contributed by atoms with Gasteiger partial charge < -0.3 is 9.84 Å². The number of thiazole rings is 1. The number of hydrogen-bond donors (Lipinski definition) is 1. The number of para-hydroxylation sites is 1. The molecular formula is C21H24N2O2S. The Hall–Kier alpha value is -1.95. The van der Waals surface area contributed by atoms with Gasteiger partial charge in [-0.25, -0.2) is 4.98 Å². The van der Waals surface area contributed by atoms with Crippen LogP contribution in [-0.4, -0.2) is 40.7 Å². The van der Waals surface area contributed by atoms with Crippen LogP contribution < -0.4 is 4.74 Å². The van der Waals surface area contributed by atoms with Crippen LogP contribution in [0, 0.1) is 0 Å². The lowest BCUT2D eigenvalue weighted by atomic mass is 10.0. The highest BCUT2D eigenvalue weighted by molar-refractivity contribution is 7.20. The Morgan fingerprint density at radius 2 is 1.92 bits per heavy atom. The van der Waals surface area contributed by atoms with Crippen molar-refractivity contribution < 1.29 is 9.84 Å². The quantitative estimate of drug-likeness (QED) is 0.637. The molecule has 26 heavy (non-hydrogen) atoms. The molecule has 3 aromatic rings. The second kappa shape index (κ2) is 7.35. The van der Waals surface area contributed by atoms with Crippen LogP contribution in [0.5, 0.6) is 10.9 Å². The number of rotatable bonds is 8. The minimum atomic E-state index is 0.232. The van der Waals surface area contributed by atoms with E-state index in [0.29, 0.717) is 10.7 Å². The van der Waals surface area contributed by atoms with E-state index in [1.165, 1.54) is 18.4 Å². The van der Waals surface area contributed by atoms with Crippen molar-refractivity contribution in [3.05, 3.63) is 54.1 Å². The maximum atomic E-state index is 9.15. The summed E-state index contributed by atoms with van der Waals surface area (Å²) in [6, 6.07) is 16.4. The van der Waals surface area contributed by atoms with E-state index < -0.39 is 0 Å². The number of fused-ring (bicyclic) bond motifs is 1. The van der Waals surface area contributed by atoms with Gasteiger partial charge in [-0.3, -0.25) is 4.90 Å². The highest BCUT2D eigenvalue weighted by Crippen LogP contribution is 2.44. The molecule has 136 valence electrons. The summed E-state index contributed by atoms with van der Waals surface area (Å²) < 4.78 is 7.06. The minimum absolute atomic E-state index is 0.232. The molecule has 1 heterocycles. The summed E-state index contributed by atoms with van der Waals surface area (Å²) in [4.78, 5) is 6.83. The molecule has 1 N–H and O–H groups in total. The zero-order chi connectivity index (χ0) is 18.0. The molecular weight excluding hydrogens is 344 g/mol. The van der Waals surface area contributed by atoms with Crippen LogP contribution in [0.15, 0.2) is 48.5 Å². The van der Waals surface area contributed by atoms with Crippen LogP contribution in [0.4, 0.5) is 0 Å². The maximum absolute atomic E-state index is 9.15. The van der Waals surface area contributed by atoms with Crippen LogP contribution in [0.3, 0.4) is 0 Å². The predicted molar refractivity (Wildman–Crippen MR) is 106 cm³/mol. The number of β-amino-alcohol motifs (C(OH)–C–C–N with tert-alkyl or cyclic N) is 1. The zero-order valence-electron chi connectivity index (χ0n) is 15.0. The van der Waals surface area contributed by atoms with Crippen molar-refractivity contribution in [2.75, 3.05) is 20.2 Å². The molecule has 0 bridgehead atoms. The van der Waals surface area contributed by atoms with Crippen LogP contribution in [-0.2, 0) is 6.42 Å². The van der Waals surface area contributed by atoms with Crippen molar-refractivity contribution in [1.29, 1.82) is 0 Å². The molecule has 2 aromatic carbocycles. The number of benzene rings is 2. The molecule has 4 nitrogen and oxygen atoms in total. The van der Waals surface area contributed by atoms with E-state index in [1.807, 2.05) is 30.3 Å². The molecule has 1 aliphatic rings. The van der Waals surface area contributed by atoms with E-state index in [0.717, 1.165) is 35.4 Å². The lowest BCUT2D eigenvalue weighted by Gasteiger charge is -2.27. The predicted octanol–water partition coefficient (Wildman–Crippen LogP) is 4.48. The van der Waals surface area contributed by atoms with Crippen LogP contribution in [0.2, 0.25) is 0 Å². The second-order valence-electron chi connectivity index (χ2n) is 7.06. The molecule has 0 unspecified atom stereocenters. The monoisotopic (exact) mass is 368 g/mol. The fraction of sp³-hybridized carbons (Fsp3) is 0.381. The van der Waals surface area contributed by atoms with Crippen molar-refractivity contribution in [2.24, 2.45) is 0 Å². The topological polar surface area (TPSA) is 45.6 Å². The normalized spacial score (nSPS) is 15.5. The van der Waals surface area contributed by atoms with E-state index in [-0.39, 0.29) is 6.61 Å². The van der Waals surface area contributed by atoms with Crippen molar-refractivity contribution in [3.63, 3.8) is 0 Å². The Bertz CT molecular complexity index is 838. The van der Waals surface area contributed by atoms with Crippen molar-refractivity contribution in [1.82, 2.24) is 9.88 Å². The van der Waals surface area contributed by atoms with E-state index in [2.05, 4.69) is 35.1 Å². The highest BCUT2D eigenvalue weighted by Gasteiger charge is 2.45. The first-order valence-corrected chi connectivity index (χ1v) is 9.95. The molecule has 0 amide bonds. The highest BCUT2D eigenvalue weighted by atomic mass is 32.1. The third-order valence-electron chi connectivity index (χ3n) is 5.35. The van der Waals surface area contributed by atoms with Gasteiger partial charge in [0, 0.05) is 12.1 Å². The van der Waals surface area contributed by atoms with Gasteiger partial charge in [-0.05, 0) is 62.6 Å². The van der Waals surface area contributed by atoms with Gasteiger partial charge in [-0.15, -0.1) is 0 Å². The molecule has 1 aromatic heterocycles. The molecule has 0 radical (unpaired) electrons. The summed E-state index contributed by atoms with van der Waals surface area (Å²) in [6.07, 6.45) is 4.67. The lowest BCUT2D eigenvalue weighted by Crippen LogP contribution is -2.36. The molecule has 1 fully saturated rings. The largest absolute Gasteiger partial charge is 0.431 e. The molecule has 0 saturated heterocycles. The van der Waals surface area contributed by atoms with Crippen molar-refractivity contribution in [2.45, 2.75) is 31.2 Å². The Morgan fingerprint density at radius 3 is 2.62 bits per heavy atom. The van der Waals surface area contributed by atoms with Crippen LogP contribution >= 0.6 is 11.3 Å².